The first-order valence-electron chi connectivity index (χ1n) is 22.4. The van der Waals surface area contributed by atoms with E-state index in [0.717, 1.165) is 36.8 Å². The van der Waals surface area contributed by atoms with Gasteiger partial charge in [0, 0.05) is 35.5 Å². The van der Waals surface area contributed by atoms with Gasteiger partial charge in [0.2, 0.25) is 23.6 Å². The molecule has 4 fully saturated rings. The summed E-state index contributed by atoms with van der Waals surface area (Å²) in [4.78, 5) is 45.8. The number of hydrogen-bond donors (Lipinski definition) is 2. The molecule has 2 aliphatic carbocycles. The van der Waals surface area contributed by atoms with Crippen LogP contribution in [0.15, 0.2) is 60.7 Å². The lowest BCUT2D eigenvalue weighted by Gasteiger charge is -2.25. The molecule has 64 heavy (non-hydrogen) atoms. The monoisotopic (exact) mass is 930 g/mol. The van der Waals surface area contributed by atoms with Gasteiger partial charge < -0.3 is 9.47 Å². The average molecular weight is 931 g/mol. The Morgan fingerprint density at radius 3 is 1.31 bits per heavy atom. The van der Waals surface area contributed by atoms with Crippen LogP contribution < -0.4 is 20.1 Å². The van der Waals surface area contributed by atoms with E-state index in [1.165, 1.54) is 12.1 Å². The van der Waals surface area contributed by atoms with Gasteiger partial charge in [-0.15, -0.1) is 0 Å². The molecule has 2 saturated carbocycles. The standard InChI is InChI=1S/2C24H32FNO5S/c2*1-24(2,19-10-11-20(25)21(14-19)31-15-17-7-8-17)16-32(29,30)13-5-3-4-6-18-9-12-22(27)26-23(18)28/h2*3-4,10-11,14,17-18H,5-9,12-13,15-16H2,1-2H3,(H,26,27,28)/b2*4-3+. The van der Waals surface area contributed by atoms with Gasteiger partial charge in [-0.25, -0.2) is 25.6 Å². The highest BCUT2D eigenvalue weighted by Crippen LogP contribution is 2.35. The van der Waals surface area contributed by atoms with Crippen LogP contribution in [0.4, 0.5) is 8.78 Å². The number of hydrogen-bond acceptors (Lipinski definition) is 10. The quantitative estimate of drug-likeness (QED) is 0.0894. The van der Waals surface area contributed by atoms with Crippen molar-refractivity contribution in [1.29, 1.82) is 0 Å². The van der Waals surface area contributed by atoms with Crippen LogP contribution in [0.1, 0.15) is 116 Å². The molecule has 2 heterocycles. The first kappa shape index (κ1) is 50.6. The second kappa shape index (κ2) is 22.2. The highest BCUT2D eigenvalue weighted by Gasteiger charge is 2.32. The lowest BCUT2D eigenvalue weighted by atomic mass is 9.86. The molecule has 6 rings (SSSR count). The molecule has 2 aromatic carbocycles. The molecular weight excluding hydrogens is 867 g/mol. The largest absolute Gasteiger partial charge is 0.490 e. The molecule has 2 aromatic rings. The van der Waals surface area contributed by atoms with Crippen molar-refractivity contribution in [3.05, 3.63) is 83.5 Å². The summed E-state index contributed by atoms with van der Waals surface area (Å²) in [5, 5.41) is 4.64. The number of benzene rings is 2. The second-order valence-electron chi connectivity index (χ2n) is 19.0. The summed E-state index contributed by atoms with van der Waals surface area (Å²) in [5.74, 6) is -1.16. The van der Waals surface area contributed by atoms with Crippen molar-refractivity contribution in [2.45, 2.75) is 116 Å². The predicted octanol–water partition coefficient (Wildman–Crippen LogP) is 7.39. The molecule has 16 heteroatoms. The van der Waals surface area contributed by atoms with Crippen molar-refractivity contribution in [1.82, 2.24) is 10.6 Å². The summed E-state index contributed by atoms with van der Waals surface area (Å²) in [7, 11) is -6.72. The molecule has 0 spiro atoms. The Labute approximate surface area is 377 Å². The van der Waals surface area contributed by atoms with Gasteiger partial charge >= 0.3 is 0 Å². The summed E-state index contributed by atoms with van der Waals surface area (Å²) in [5.41, 5.74) is 0.0600. The minimum Gasteiger partial charge on any atom is -0.490 e. The Bertz CT molecular complexity index is 2120. The number of allylic oxidation sites excluding steroid dienone is 4. The lowest BCUT2D eigenvalue weighted by molar-refractivity contribution is -0.137. The number of rotatable bonds is 22. The minimum absolute atomic E-state index is 0.00545. The van der Waals surface area contributed by atoms with Crippen LogP contribution in [-0.4, -0.2) is 76.7 Å². The van der Waals surface area contributed by atoms with Crippen LogP contribution in [0.2, 0.25) is 0 Å². The summed E-state index contributed by atoms with van der Waals surface area (Å²) in [6.07, 6.45) is 15.0. The van der Waals surface area contributed by atoms with Crippen molar-refractivity contribution >= 4 is 43.3 Å². The van der Waals surface area contributed by atoms with Crippen LogP contribution in [0.25, 0.3) is 0 Å². The van der Waals surface area contributed by atoms with Crippen LogP contribution in [-0.2, 0) is 49.7 Å². The van der Waals surface area contributed by atoms with Crippen molar-refractivity contribution in [2.24, 2.45) is 23.7 Å². The predicted molar refractivity (Wildman–Crippen MR) is 241 cm³/mol. The molecule has 4 aliphatic rings. The fourth-order valence-corrected chi connectivity index (χ4v) is 11.5. The topological polar surface area (TPSA) is 179 Å². The molecule has 0 radical (unpaired) electrons. The number of piperidine rings is 2. The Hall–Kier alpha value is -4.44. The Kier molecular flexibility index (Phi) is 17.5. The molecular formula is C48H64F2N2O10S2. The van der Waals surface area contributed by atoms with Crippen molar-refractivity contribution in [3.63, 3.8) is 0 Å². The third-order valence-electron chi connectivity index (χ3n) is 12.0. The summed E-state index contributed by atoms with van der Waals surface area (Å²) >= 11 is 0. The molecule has 2 atom stereocenters. The summed E-state index contributed by atoms with van der Waals surface area (Å²) < 4.78 is 90.2. The maximum Gasteiger partial charge on any atom is 0.229 e. The summed E-state index contributed by atoms with van der Waals surface area (Å²) in [6, 6.07) is 9.15. The normalized spacial score (nSPS) is 19.9. The number of carbonyl (C=O) groups is 4. The van der Waals surface area contributed by atoms with Gasteiger partial charge in [0.1, 0.15) is 0 Å². The van der Waals surface area contributed by atoms with E-state index in [-0.39, 0.29) is 70.0 Å². The summed E-state index contributed by atoms with van der Waals surface area (Å²) in [6.45, 7) is 8.32. The molecule has 0 aromatic heterocycles. The molecule has 4 amide bonds. The van der Waals surface area contributed by atoms with Gasteiger partial charge in [0.05, 0.1) is 36.2 Å². The fraction of sp³-hybridized carbons (Fsp3) is 0.583. The molecule has 2 saturated heterocycles. The van der Waals surface area contributed by atoms with E-state index in [0.29, 0.717) is 76.4 Å². The molecule has 2 aliphatic heterocycles. The maximum atomic E-state index is 14.1. The number of halogens is 2. The van der Waals surface area contributed by atoms with Crippen molar-refractivity contribution in [3.8, 4) is 11.5 Å². The third kappa shape index (κ3) is 16.5. The molecule has 352 valence electrons. The molecule has 12 nitrogen and oxygen atoms in total. The van der Waals surface area contributed by atoms with Crippen molar-refractivity contribution in [2.75, 3.05) is 36.2 Å². The third-order valence-corrected chi connectivity index (χ3v) is 16.0. The van der Waals surface area contributed by atoms with E-state index >= 15 is 0 Å². The van der Waals surface area contributed by atoms with Gasteiger partial charge in [-0.3, -0.25) is 29.8 Å². The van der Waals surface area contributed by atoms with E-state index < -0.39 is 42.1 Å². The Morgan fingerprint density at radius 1 is 0.594 bits per heavy atom. The van der Waals surface area contributed by atoms with E-state index in [9.17, 15) is 44.8 Å². The van der Waals surface area contributed by atoms with Gasteiger partial charge in [-0.1, -0.05) is 64.1 Å². The van der Waals surface area contributed by atoms with E-state index in [2.05, 4.69) is 10.6 Å². The molecule has 2 unspecified atom stereocenters. The number of nitrogens with one attached hydrogen (secondary N) is 2. The fourth-order valence-electron chi connectivity index (χ4n) is 7.64. The minimum atomic E-state index is -3.36. The zero-order valence-corrected chi connectivity index (χ0v) is 39.1. The van der Waals surface area contributed by atoms with Gasteiger partial charge in [-0.05, 0) is 111 Å². The van der Waals surface area contributed by atoms with Gasteiger partial charge in [-0.2, -0.15) is 0 Å². The zero-order valence-electron chi connectivity index (χ0n) is 37.5. The van der Waals surface area contributed by atoms with Crippen LogP contribution in [0, 0.1) is 35.3 Å². The first-order chi connectivity index (χ1) is 30.1. The van der Waals surface area contributed by atoms with E-state index in [4.69, 9.17) is 9.47 Å². The lowest BCUT2D eigenvalue weighted by Crippen LogP contribution is -2.40. The number of sulfone groups is 2. The van der Waals surface area contributed by atoms with Crippen LogP contribution in [0.5, 0.6) is 11.5 Å². The van der Waals surface area contributed by atoms with Crippen molar-refractivity contribution < 1.29 is 54.3 Å². The number of imide groups is 2. The average Bonchev–Trinajstić information content (AvgIpc) is 4.14. The smallest absolute Gasteiger partial charge is 0.229 e. The maximum absolute atomic E-state index is 14.1. The highest BCUT2D eigenvalue weighted by molar-refractivity contribution is 7.91. The van der Waals surface area contributed by atoms with Crippen LogP contribution in [0.3, 0.4) is 0 Å². The van der Waals surface area contributed by atoms with Gasteiger partial charge in [0.15, 0.2) is 42.8 Å². The highest BCUT2D eigenvalue weighted by atomic mass is 32.2. The Balaban J connectivity index is 0.000000241. The van der Waals surface area contributed by atoms with Crippen LogP contribution >= 0.6 is 0 Å². The number of ether oxygens (including phenoxy) is 2. The van der Waals surface area contributed by atoms with E-state index in [1.807, 2.05) is 39.8 Å². The van der Waals surface area contributed by atoms with Gasteiger partial charge in [0.25, 0.3) is 0 Å². The second-order valence-corrected chi connectivity index (χ2v) is 23.4. The zero-order chi connectivity index (χ0) is 46.7. The molecule has 0 bridgehead atoms. The SMILES string of the molecule is CC(C)(CS(=O)(=O)CC/C=C/CC1CCC(=O)NC1=O)c1ccc(F)c(OCC2CC2)c1.CC(C)(CS(=O)(=O)CC/C=C/CC1CCC(=O)NC1=O)c1ccc(F)c(OCC2CC2)c1. The number of carbonyl (C=O) groups excluding carboxylic acids is 4. The first-order valence-corrected chi connectivity index (χ1v) is 26.0. The molecule has 2 N–H and O–H groups in total. The number of amides is 4. The Morgan fingerprint density at radius 2 is 0.969 bits per heavy atom. The van der Waals surface area contributed by atoms with E-state index in [1.54, 1.807) is 36.4 Å².